The number of hydrogen-bond acceptors (Lipinski definition) is 6. The van der Waals surface area contributed by atoms with Crippen LogP contribution in [0.2, 0.25) is 0 Å². The lowest BCUT2D eigenvalue weighted by Crippen LogP contribution is -2.50. The molecule has 0 saturated heterocycles. The summed E-state index contributed by atoms with van der Waals surface area (Å²) in [5.41, 5.74) is 0. The van der Waals surface area contributed by atoms with Gasteiger partial charge in [-0.2, -0.15) is 0 Å². The molecule has 54 heavy (non-hydrogen) atoms. The minimum absolute atomic E-state index is 0.176. The van der Waals surface area contributed by atoms with E-state index in [1.807, 2.05) is 0 Å². The number of nitrogens with one attached hydrogen (secondary N) is 1. The molecule has 5 atom stereocenters. The Bertz CT molecular complexity index is 794. The Hall–Kier alpha value is -0.990. The molecule has 0 saturated carbocycles. The maximum atomic E-state index is 12.5. The summed E-state index contributed by atoms with van der Waals surface area (Å²) in [4.78, 5) is 12.5. The molecule has 0 bridgehead atoms. The van der Waals surface area contributed by atoms with Crippen molar-refractivity contribution in [3.05, 3.63) is 12.2 Å². The highest BCUT2D eigenvalue weighted by Gasteiger charge is 2.28. The smallest absolute Gasteiger partial charge is 0.249 e. The molecule has 7 heteroatoms. The van der Waals surface area contributed by atoms with Gasteiger partial charge in [0.1, 0.15) is 6.10 Å². The summed E-state index contributed by atoms with van der Waals surface area (Å²) >= 11 is 0. The average molecular weight is 768 g/mol. The Morgan fingerprint density at radius 2 is 0.796 bits per heavy atom. The van der Waals surface area contributed by atoms with Crippen molar-refractivity contribution in [2.75, 3.05) is 6.61 Å². The van der Waals surface area contributed by atoms with E-state index in [0.717, 1.165) is 25.7 Å². The highest BCUT2D eigenvalue weighted by molar-refractivity contribution is 5.80. The van der Waals surface area contributed by atoms with E-state index in [1.54, 1.807) is 0 Å². The molecule has 0 fully saturated rings. The lowest BCUT2D eigenvalue weighted by atomic mass is 9.98. The number of allylic oxidation sites excluding steroid dienone is 2. The van der Waals surface area contributed by atoms with Crippen LogP contribution in [0.3, 0.4) is 0 Å². The van der Waals surface area contributed by atoms with Crippen molar-refractivity contribution in [3.63, 3.8) is 0 Å². The van der Waals surface area contributed by atoms with Crippen molar-refractivity contribution in [1.29, 1.82) is 0 Å². The van der Waals surface area contributed by atoms with Crippen molar-refractivity contribution < 1.29 is 30.3 Å². The number of carbonyl (C=O) groups excluding carboxylic acids is 1. The van der Waals surface area contributed by atoms with Crippen LogP contribution in [0.5, 0.6) is 0 Å². The quantitative estimate of drug-likeness (QED) is 0.0271. The van der Waals surface area contributed by atoms with Crippen molar-refractivity contribution in [2.24, 2.45) is 0 Å². The Balaban J connectivity index is 3.82. The Labute approximate surface area is 335 Å². The molecule has 0 rings (SSSR count). The summed E-state index contributed by atoms with van der Waals surface area (Å²) in [7, 11) is 0. The van der Waals surface area contributed by atoms with Gasteiger partial charge in [0.05, 0.1) is 31.0 Å². The number of aliphatic hydroxyl groups is 5. The minimum atomic E-state index is -1.24. The second kappa shape index (κ2) is 41.6. The number of hydrogen-bond donors (Lipinski definition) is 6. The second-order valence-corrected chi connectivity index (χ2v) is 16.6. The number of unbranched alkanes of at least 4 members (excludes halogenated alkanes) is 30. The topological polar surface area (TPSA) is 130 Å². The van der Waals surface area contributed by atoms with E-state index in [2.05, 4.69) is 31.3 Å². The molecule has 6 N–H and O–H groups in total. The molecule has 0 aliphatic carbocycles. The maximum Gasteiger partial charge on any atom is 0.249 e. The molecular formula is C47H93NO6. The number of amides is 1. The Kier molecular flexibility index (Phi) is 40.9. The molecule has 0 radical (unpaired) electrons. The zero-order valence-corrected chi connectivity index (χ0v) is 35.8. The summed E-state index contributed by atoms with van der Waals surface area (Å²) in [5.74, 6) is -0.622. The van der Waals surface area contributed by atoms with E-state index in [4.69, 9.17) is 0 Å². The van der Waals surface area contributed by atoms with Gasteiger partial charge in [-0.1, -0.05) is 219 Å². The first-order valence-corrected chi connectivity index (χ1v) is 23.7. The van der Waals surface area contributed by atoms with E-state index in [0.29, 0.717) is 19.3 Å². The molecule has 0 aromatic carbocycles. The van der Waals surface area contributed by atoms with Crippen LogP contribution in [-0.4, -0.2) is 68.5 Å². The van der Waals surface area contributed by atoms with Gasteiger partial charge in [-0.25, -0.2) is 0 Å². The van der Waals surface area contributed by atoms with Crippen LogP contribution < -0.4 is 5.32 Å². The summed E-state index contributed by atoms with van der Waals surface area (Å²) in [6.45, 7) is 4.01. The van der Waals surface area contributed by atoms with E-state index in [9.17, 15) is 30.3 Å². The summed E-state index contributed by atoms with van der Waals surface area (Å²) in [6, 6.07) is -1.02. The highest BCUT2D eigenvalue weighted by atomic mass is 16.3. The zero-order valence-electron chi connectivity index (χ0n) is 35.8. The van der Waals surface area contributed by atoms with Crippen molar-refractivity contribution in [2.45, 2.75) is 275 Å². The zero-order chi connectivity index (χ0) is 39.7. The third-order valence-corrected chi connectivity index (χ3v) is 11.3. The van der Waals surface area contributed by atoms with Crippen LogP contribution in [-0.2, 0) is 4.79 Å². The highest BCUT2D eigenvalue weighted by Crippen LogP contribution is 2.17. The van der Waals surface area contributed by atoms with Gasteiger partial charge in [0, 0.05) is 6.42 Å². The third kappa shape index (κ3) is 35.4. The molecule has 7 nitrogen and oxygen atoms in total. The monoisotopic (exact) mass is 768 g/mol. The van der Waals surface area contributed by atoms with Crippen molar-refractivity contribution >= 4 is 5.91 Å². The molecule has 0 heterocycles. The normalized spacial score (nSPS) is 14.7. The second-order valence-electron chi connectivity index (χ2n) is 16.6. The SMILES string of the molecule is CCCCCCCCCCCCCCCCCCC=CCCC(O)C(O)CC(O)C(CO)NC(=O)C(O)CCCCCCCCCCCCCCCCC. The summed E-state index contributed by atoms with van der Waals surface area (Å²) in [5, 5.41) is 54.1. The van der Waals surface area contributed by atoms with E-state index >= 15 is 0 Å². The lowest BCUT2D eigenvalue weighted by molar-refractivity contribution is -0.132. The molecule has 322 valence electrons. The van der Waals surface area contributed by atoms with E-state index in [-0.39, 0.29) is 6.42 Å². The van der Waals surface area contributed by atoms with E-state index in [1.165, 1.54) is 180 Å². The average Bonchev–Trinajstić information content (AvgIpc) is 3.17. The molecule has 0 spiro atoms. The maximum absolute atomic E-state index is 12.5. The van der Waals surface area contributed by atoms with Crippen LogP contribution in [0, 0.1) is 0 Å². The Morgan fingerprint density at radius 3 is 1.19 bits per heavy atom. The molecular weight excluding hydrogens is 675 g/mol. The molecule has 1 amide bonds. The van der Waals surface area contributed by atoms with Gasteiger partial charge in [-0.05, 0) is 32.1 Å². The molecule has 0 aliphatic rings. The van der Waals surface area contributed by atoms with Gasteiger partial charge in [-0.15, -0.1) is 0 Å². The molecule has 0 aliphatic heterocycles. The lowest BCUT2D eigenvalue weighted by Gasteiger charge is -2.27. The number of aliphatic hydroxyl groups excluding tert-OH is 5. The van der Waals surface area contributed by atoms with Crippen LogP contribution in [0.15, 0.2) is 12.2 Å². The minimum Gasteiger partial charge on any atom is -0.394 e. The standard InChI is InChI=1S/C47H93NO6/c1-3-5-7-9-11-13-15-17-19-20-21-22-23-25-26-28-30-32-34-36-38-43(50)46(53)40-45(52)42(41-49)48-47(54)44(51)39-37-35-33-31-29-27-24-18-16-14-12-10-8-6-4-2/h32,34,42-46,49-53H,3-31,33,35-41H2,1-2H3,(H,48,54). The van der Waals surface area contributed by atoms with Crippen LogP contribution in [0.25, 0.3) is 0 Å². The van der Waals surface area contributed by atoms with Crippen molar-refractivity contribution in [3.8, 4) is 0 Å². The van der Waals surface area contributed by atoms with Crippen LogP contribution in [0.1, 0.15) is 245 Å². The largest absolute Gasteiger partial charge is 0.394 e. The first-order chi connectivity index (χ1) is 26.4. The predicted molar refractivity (Wildman–Crippen MR) is 230 cm³/mol. The van der Waals surface area contributed by atoms with Crippen LogP contribution >= 0.6 is 0 Å². The fourth-order valence-corrected chi connectivity index (χ4v) is 7.46. The van der Waals surface area contributed by atoms with Gasteiger partial charge in [0.2, 0.25) is 5.91 Å². The van der Waals surface area contributed by atoms with Crippen molar-refractivity contribution in [1.82, 2.24) is 5.32 Å². The van der Waals surface area contributed by atoms with Gasteiger partial charge >= 0.3 is 0 Å². The van der Waals surface area contributed by atoms with Gasteiger partial charge < -0.3 is 30.8 Å². The molecule has 0 aromatic rings. The van der Waals surface area contributed by atoms with E-state index < -0.39 is 43.0 Å². The van der Waals surface area contributed by atoms with Gasteiger partial charge in [0.15, 0.2) is 0 Å². The predicted octanol–water partition coefficient (Wildman–Crippen LogP) is 11.5. The third-order valence-electron chi connectivity index (χ3n) is 11.3. The van der Waals surface area contributed by atoms with Crippen LogP contribution in [0.4, 0.5) is 0 Å². The van der Waals surface area contributed by atoms with Gasteiger partial charge in [0.25, 0.3) is 0 Å². The fourth-order valence-electron chi connectivity index (χ4n) is 7.46. The number of carbonyl (C=O) groups is 1. The van der Waals surface area contributed by atoms with Gasteiger partial charge in [-0.3, -0.25) is 4.79 Å². The first-order valence-electron chi connectivity index (χ1n) is 23.7. The molecule has 5 unspecified atom stereocenters. The molecule has 0 aromatic heterocycles. The summed E-state index contributed by atoms with van der Waals surface area (Å²) in [6.07, 6.45) is 42.4. The Morgan fingerprint density at radius 1 is 0.444 bits per heavy atom. The summed E-state index contributed by atoms with van der Waals surface area (Å²) < 4.78 is 0. The number of rotatable bonds is 43. The first kappa shape index (κ1) is 53.0. The fraction of sp³-hybridized carbons (Fsp3) is 0.936.